The molecule has 0 radical (unpaired) electrons. The molecule has 0 aliphatic carbocycles. The summed E-state index contributed by atoms with van der Waals surface area (Å²) in [5.74, 6) is 0. The maximum Gasteiger partial charge on any atom is -0.0199 e. The zero-order chi connectivity index (χ0) is 13.2. The molecule has 0 saturated heterocycles. The van der Waals surface area contributed by atoms with Crippen molar-refractivity contribution in [1.82, 2.24) is 0 Å². The Morgan fingerprint density at radius 3 is 2.33 bits per heavy atom. The van der Waals surface area contributed by atoms with E-state index < -0.39 is 0 Å². The van der Waals surface area contributed by atoms with Gasteiger partial charge in [0.25, 0.3) is 0 Å². The van der Waals surface area contributed by atoms with Crippen LogP contribution in [-0.2, 0) is 0 Å². The van der Waals surface area contributed by atoms with Crippen LogP contribution in [-0.4, -0.2) is 6.16 Å². The van der Waals surface area contributed by atoms with Crippen molar-refractivity contribution in [3.63, 3.8) is 0 Å². The third kappa shape index (κ3) is 5.02. The molecular formula is C17H23P. The highest BCUT2D eigenvalue weighted by Gasteiger charge is 2.13. The molecule has 0 heterocycles. The third-order valence-electron chi connectivity index (χ3n) is 2.88. The summed E-state index contributed by atoms with van der Waals surface area (Å²) < 4.78 is 0. The van der Waals surface area contributed by atoms with E-state index in [9.17, 15) is 0 Å². The molecule has 1 heteroatoms. The van der Waals surface area contributed by atoms with Crippen LogP contribution in [0.5, 0.6) is 0 Å². The Balaban J connectivity index is 2.71. The lowest BCUT2D eigenvalue weighted by Crippen LogP contribution is -2.04. The molecule has 0 spiro atoms. The molecule has 18 heavy (non-hydrogen) atoms. The molecule has 0 amide bonds. The van der Waals surface area contributed by atoms with Crippen molar-refractivity contribution in [3.8, 4) is 0 Å². The van der Waals surface area contributed by atoms with Gasteiger partial charge in [0.05, 0.1) is 0 Å². The summed E-state index contributed by atoms with van der Waals surface area (Å²) in [5.41, 5.74) is 0. The Hall–Kier alpha value is -1.13. The predicted octanol–water partition coefficient (Wildman–Crippen LogP) is 5.24. The molecule has 0 aromatic heterocycles. The predicted molar refractivity (Wildman–Crippen MR) is 85.9 cm³/mol. The average molecular weight is 258 g/mol. The van der Waals surface area contributed by atoms with Crippen molar-refractivity contribution in [1.29, 1.82) is 0 Å². The van der Waals surface area contributed by atoms with E-state index in [2.05, 4.69) is 50.1 Å². The normalized spacial score (nSPS) is 11.8. The average Bonchev–Trinajstić information content (AvgIpc) is 2.42. The molecule has 1 aromatic carbocycles. The maximum absolute atomic E-state index is 4.30. The molecular weight excluding hydrogens is 235 g/mol. The summed E-state index contributed by atoms with van der Waals surface area (Å²) in [7, 11) is -0.230. The second-order valence-electron chi connectivity index (χ2n) is 4.31. The molecule has 0 bridgehead atoms. The zero-order valence-corrected chi connectivity index (χ0v) is 12.0. The van der Waals surface area contributed by atoms with Crippen LogP contribution in [0.1, 0.15) is 25.7 Å². The van der Waals surface area contributed by atoms with E-state index in [4.69, 9.17) is 0 Å². The van der Waals surface area contributed by atoms with Gasteiger partial charge in [0.2, 0.25) is 0 Å². The van der Waals surface area contributed by atoms with Gasteiger partial charge < -0.3 is 0 Å². The number of allylic oxidation sites excluding steroid dienone is 3. The first-order chi connectivity index (χ1) is 8.79. The highest BCUT2D eigenvalue weighted by Crippen LogP contribution is 2.45. The molecule has 0 nitrogen and oxygen atoms in total. The Bertz CT molecular complexity index is 378. The number of unbranched alkanes of at least 4 members (excludes halogenated alkanes) is 1. The summed E-state index contributed by atoms with van der Waals surface area (Å²) >= 11 is 0. The molecule has 0 fully saturated rings. The third-order valence-corrected chi connectivity index (χ3v) is 5.55. The summed E-state index contributed by atoms with van der Waals surface area (Å²) in [6.45, 7) is 11.9. The summed E-state index contributed by atoms with van der Waals surface area (Å²) in [4.78, 5) is 0. The number of rotatable bonds is 9. The summed E-state index contributed by atoms with van der Waals surface area (Å²) in [6, 6.07) is 10.8. The van der Waals surface area contributed by atoms with E-state index in [1.165, 1.54) is 23.2 Å². The van der Waals surface area contributed by atoms with Gasteiger partial charge in [-0.1, -0.05) is 49.1 Å². The van der Waals surface area contributed by atoms with E-state index >= 15 is 0 Å². The lowest BCUT2D eigenvalue weighted by atomic mass is 10.3. The van der Waals surface area contributed by atoms with Crippen LogP contribution in [0.15, 0.2) is 67.5 Å². The Morgan fingerprint density at radius 2 is 1.72 bits per heavy atom. The lowest BCUT2D eigenvalue weighted by Gasteiger charge is -2.20. The molecule has 0 saturated carbocycles. The highest BCUT2D eigenvalue weighted by molar-refractivity contribution is 7.69. The maximum atomic E-state index is 4.30. The minimum Gasteiger partial charge on any atom is -0.103 e. The SMILES string of the molecule is C=CCCCP(C(=C)CCC=C)c1ccccc1. The van der Waals surface area contributed by atoms with Gasteiger partial charge in [-0.2, -0.15) is 0 Å². The van der Waals surface area contributed by atoms with Crippen LogP contribution in [0.4, 0.5) is 0 Å². The number of hydrogen-bond donors (Lipinski definition) is 0. The van der Waals surface area contributed by atoms with E-state index in [-0.39, 0.29) is 7.92 Å². The largest absolute Gasteiger partial charge is 0.103 e. The van der Waals surface area contributed by atoms with Gasteiger partial charge in [-0.3, -0.25) is 0 Å². The minimum absolute atomic E-state index is 0.230. The highest BCUT2D eigenvalue weighted by atomic mass is 31.1. The van der Waals surface area contributed by atoms with Crippen LogP contribution in [0.2, 0.25) is 0 Å². The van der Waals surface area contributed by atoms with Gasteiger partial charge in [-0.15, -0.1) is 13.2 Å². The molecule has 1 unspecified atom stereocenters. The smallest absolute Gasteiger partial charge is 0.0199 e. The van der Waals surface area contributed by atoms with Gasteiger partial charge in [0, 0.05) is 0 Å². The van der Waals surface area contributed by atoms with Crippen LogP contribution < -0.4 is 5.30 Å². The summed E-state index contributed by atoms with van der Waals surface area (Å²) in [5, 5.41) is 2.84. The molecule has 1 aromatic rings. The number of hydrogen-bond acceptors (Lipinski definition) is 0. The fourth-order valence-corrected chi connectivity index (χ4v) is 4.24. The topological polar surface area (TPSA) is 0 Å². The van der Waals surface area contributed by atoms with Gasteiger partial charge in [0.1, 0.15) is 0 Å². The van der Waals surface area contributed by atoms with Gasteiger partial charge in [-0.25, -0.2) is 0 Å². The van der Waals surface area contributed by atoms with Gasteiger partial charge >= 0.3 is 0 Å². The van der Waals surface area contributed by atoms with Crippen molar-refractivity contribution < 1.29 is 0 Å². The lowest BCUT2D eigenvalue weighted by molar-refractivity contribution is 0.964. The van der Waals surface area contributed by atoms with Crippen molar-refractivity contribution in [2.24, 2.45) is 0 Å². The summed E-state index contributed by atoms with van der Waals surface area (Å²) in [6.07, 6.45) is 9.61. The zero-order valence-electron chi connectivity index (χ0n) is 11.1. The van der Waals surface area contributed by atoms with Crippen molar-refractivity contribution >= 4 is 13.2 Å². The van der Waals surface area contributed by atoms with Gasteiger partial charge in [-0.05, 0) is 50.4 Å². The van der Waals surface area contributed by atoms with Gasteiger partial charge in [0.15, 0.2) is 0 Å². The van der Waals surface area contributed by atoms with E-state index in [1.807, 2.05) is 12.2 Å². The second-order valence-corrected chi connectivity index (χ2v) is 6.76. The minimum atomic E-state index is -0.230. The first-order valence-electron chi connectivity index (χ1n) is 6.51. The Kier molecular flexibility index (Phi) is 7.37. The van der Waals surface area contributed by atoms with Crippen molar-refractivity contribution in [2.75, 3.05) is 6.16 Å². The van der Waals surface area contributed by atoms with Crippen molar-refractivity contribution in [2.45, 2.75) is 25.7 Å². The molecule has 0 aliphatic rings. The monoisotopic (exact) mass is 258 g/mol. The molecule has 1 rings (SSSR count). The Morgan fingerprint density at radius 1 is 1.06 bits per heavy atom. The standard InChI is InChI=1S/C17H23P/c1-4-6-11-15-18(16(3)12-7-5-2)17-13-9-8-10-14-17/h4-5,8-10,13-14H,1-3,6-7,11-12,15H2. The first kappa shape index (κ1) is 14.9. The van der Waals surface area contributed by atoms with E-state index in [0.29, 0.717) is 0 Å². The molecule has 1 atom stereocenters. The van der Waals surface area contributed by atoms with E-state index in [0.717, 1.165) is 19.3 Å². The Labute approximate surface area is 113 Å². The van der Waals surface area contributed by atoms with Crippen LogP contribution in [0.3, 0.4) is 0 Å². The van der Waals surface area contributed by atoms with Crippen LogP contribution in [0, 0.1) is 0 Å². The molecule has 0 aliphatic heterocycles. The van der Waals surface area contributed by atoms with Crippen molar-refractivity contribution in [3.05, 3.63) is 67.5 Å². The van der Waals surface area contributed by atoms with Crippen LogP contribution >= 0.6 is 7.92 Å². The second kappa shape index (κ2) is 8.89. The quantitative estimate of drug-likeness (QED) is 0.323. The van der Waals surface area contributed by atoms with E-state index in [1.54, 1.807) is 0 Å². The molecule has 96 valence electrons. The molecule has 0 N–H and O–H groups in total. The first-order valence-corrected chi connectivity index (χ1v) is 8.04. The number of benzene rings is 1. The fraction of sp³-hybridized carbons (Fsp3) is 0.294. The van der Waals surface area contributed by atoms with Crippen LogP contribution in [0.25, 0.3) is 0 Å². The fourth-order valence-electron chi connectivity index (χ4n) is 1.88.